The molecule has 2 aromatic rings. The summed E-state index contributed by atoms with van der Waals surface area (Å²) < 4.78 is 0. The topological polar surface area (TPSA) is 55.3 Å². The summed E-state index contributed by atoms with van der Waals surface area (Å²) in [6.45, 7) is 0. The maximum absolute atomic E-state index is 5.51. The van der Waals surface area contributed by atoms with Crippen LogP contribution in [0.2, 0.25) is 0 Å². The zero-order valence-electron chi connectivity index (χ0n) is 11.0. The fourth-order valence-corrected chi connectivity index (χ4v) is 1.84. The van der Waals surface area contributed by atoms with Gasteiger partial charge in [0.05, 0.1) is 0 Å². The van der Waals surface area contributed by atoms with E-state index < -0.39 is 0 Å². The molecule has 5 heteroatoms. The van der Waals surface area contributed by atoms with E-state index in [1.54, 1.807) is 0 Å². The van der Waals surface area contributed by atoms with E-state index >= 15 is 0 Å². The van der Waals surface area contributed by atoms with Gasteiger partial charge >= 0.3 is 0 Å². The van der Waals surface area contributed by atoms with Crippen molar-refractivity contribution in [3.63, 3.8) is 0 Å². The normalized spacial score (nSPS) is 9.42. The summed E-state index contributed by atoms with van der Waals surface area (Å²) in [5.74, 6) is 0. The number of rotatable bonds is 2. The zero-order chi connectivity index (χ0) is 14.3. The molecule has 2 aromatic carbocycles. The quantitative estimate of drug-likeness (QED) is 0.826. The van der Waals surface area contributed by atoms with Crippen molar-refractivity contribution >= 4 is 38.7 Å². The van der Waals surface area contributed by atoms with E-state index in [1.807, 2.05) is 67.5 Å². The monoisotopic (exact) mass is 295 g/mol. The lowest BCUT2D eigenvalue weighted by Crippen LogP contribution is -2.08. The molecule has 0 aliphatic rings. The zero-order valence-corrected chi connectivity index (χ0v) is 12.6. The van der Waals surface area contributed by atoms with Gasteiger partial charge in [0.2, 0.25) is 0 Å². The summed E-state index contributed by atoms with van der Waals surface area (Å²) in [7, 11) is 10.7. The van der Waals surface area contributed by atoms with E-state index in [4.69, 9.17) is 22.1 Å². The molecule has 3 nitrogen and oxygen atoms in total. The third-order valence-corrected chi connectivity index (χ3v) is 3.36. The van der Waals surface area contributed by atoms with Crippen molar-refractivity contribution in [2.75, 3.05) is 30.5 Å². The van der Waals surface area contributed by atoms with Crippen molar-refractivity contribution in [3.05, 3.63) is 48.5 Å². The van der Waals surface area contributed by atoms with E-state index in [0.29, 0.717) is 0 Å². The lowest BCUT2D eigenvalue weighted by atomic mass is 10.3. The Morgan fingerprint density at radius 2 is 1.26 bits per heavy atom. The highest BCUT2D eigenvalue weighted by Crippen LogP contribution is 2.21. The number of hydrogen-bond donors (Lipinski definition) is 2. The van der Waals surface area contributed by atoms with Gasteiger partial charge in [-0.25, -0.2) is 0 Å². The Labute approximate surface area is 123 Å². The van der Waals surface area contributed by atoms with Crippen molar-refractivity contribution in [1.29, 1.82) is 0 Å². The summed E-state index contributed by atoms with van der Waals surface area (Å²) in [6, 6.07) is 15.2. The molecule has 0 unspecified atom stereocenters. The molecule has 0 heterocycles. The third-order valence-electron chi connectivity index (χ3n) is 2.38. The Kier molecular flexibility index (Phi) is 6.39. The van der Waals surface area contributed by atoms with Crippen molar-refractivity contribution in [3.8, 4) is 0 Å². The van der Waals surface area contributed by atoms with Crippen LogP contribution in [-0.2, 0) is 0 Å². The summed E-state index contributed by atoms with van der Waals surface area (Å²) in [4.78, 5) is 3.06. The molecule has 19 heavy (non-hydrogen) atoms. The SMILES string of the molecule is CN(C)c1ccc(N)cc1.Nc1ccc(SCl)cc1. The molecular formula is C14H18ClN3S. The van der Waals surface area contributed by atoms with E-state index in [-0.39, 0.29) is 0 Å². The predicted molar refractivity (Wildman–Crippen MR) is 87.7 cm³/mol. The Morgan fingerprint density at radius 1 is 0.842 bits per heavy atom. The van der Waals surface area contributed by atoms with Crippen LogP contribution < -0.4 is 16.4 Å². The second kappa shape index (κ2) is 7.81. The van der Waals surface area contributed by atoms with E-state index in [0.717, 1.165) is 16.3 Å². The number of nitrogen functional groups attached to an aromatic ring is 2. The summed E-state index contributed by atoms with van der Waals surface area (Å²) in [5.41, 5.74) is 13.7. The second-order valence-corrected chi connectivity index (χ2v) is 5.22. The van der Waals surface area contributed by atoms with Crippen LogP contribution >= 0.6 is 21.7 Å². The summed E-state index contributed by atoms with van der Waals surface area (Å²) in [5, 5.41) is 0. The predicted octanol–water partition coefficient (Wildman–Crippen LogP) is 3.85. The third kappa shape index (κ3) is 5.77. The van der Waals surface area contributed by atoms with E-state index in [1.165, 1.54) is 16.7 Å². The lowest BCUT2D eigenvalue weighted by molar-refractivity contribution is 1.13. The van der Waals surface area contributed by atoms with Gasteiger partial charge in [-0.3, -0.25) is 0 Å². The number of halogens is 1. The van der Waals surface area contributed by atoms with Gasteiger partial charge in [-0.1, -0.05) is 0 Å². The van der Waals surface area contributed by atoms with Crippen molar-refractivity contribution in [2.45, 2.75) is 4.90 Å². The molecule has 0 aliphatic carbocycles. The van der Waals surface area contributed by atoms with Gasteiger partial charge in [-0.05, 0) is 70.2 Å². The van der Waals surface area contributed by atoms with Gasteiger partial charge in [-0.2, -0.15) is 0 Å². The minimum atomic E-state index is 0.768. The van der Waals surface area contributed by atoms with Gasteiger partial charge in [0.15, 0.2) is 0 Å². The first kappa shape index (κ1) is 15.5. The van der Waals surface area contributed by atoms with Crippen LogP contribution in [0.1, 0.15) is 0 Å². The van der Waals surface area contributed by atoms with Crippen LogP contribution in [-0.4, -0.2) is 14.1 Å². The first-order valence-electron chi connectivity index (χ1n) is 5.70. The number of nitrogens with zero attached hydrogens (tertiary/aromatic N) is 1. The van der Waals surface area contributed by atoms with Crippen LogP contribution in [0.5, 0.6) is 0 Å². The molecule has 0 aliphatic heterocycles. The first-order chi connectivity index (χ1) is 9.02. The number of anilines is 3. The molecule has 0 amide bonds. The fraction of sp³-hybridized carbons (Fsp3) is 0.143. The van der Waals surface area contributed by atoms with Gasteiger partial charge in [0.1, 0.15) is 0 Å². The largest absolute Gasteiger partial charge is 0.399 e. The lowest BCUT2D eigenvalue weighted by Gasteiger charge is -2.11. The number of hydrogen-bond acceptors (Lipinski definition) is 4. The van der Waals surface area contributed by atoms with Gasteiger partial charge < -0.3 is 16.4 Å². The Balaban J connectivity index is 0.000000191. The summed E-state index contributed by atoms with van der Waals surface area (Å²) in [6.07, 6.45) is 0. The first-order valence-corrected chi connectivity index (χ1v) is 7.34. The van der Waals surface area contributed by atoms with E-state index in [9.17, 15) is 0 Å². The molecule has 0 fully saturated rings. The molecule has 0 aromatic heterocycles. The Hall–Kier alpha value is -1.52. The van der Waals surface area contributed by atoms with Crippen molar-refractivity contribution in [2.24, 2.45) is 0 Å². The highest BCUT2D eigenvalue weighted by atomic mass is 35.7. The molecule has 102 valence electrons. The molecule has 0 spiro atoms. The molecule has 0 saturated heterocycles. The summed E-state index contributed by atoms with van der Waals surface area (Å²) >= 11 is 0. The molecule has 4 N–H and O–H groups in total. The van der Waals surface area contributed by atoms with Crippen LogP contribution in [0, 0.1) is 0 Å². The fourth-order valence-electron chi connectivity index (χ4n) is 1.29. The number of nitrogens with two attached hydrogens (primary N) is 2. The van der Waals surface area contributed by atoms with Crippen molar-refractivity contribution in [1.82, 2.24) is 0 Å². The van der Waals surface area contributed by atoms with Gasteiger partial charge in [-0.15, -0.1) is 0 Å². The highest BCUT2D eigenvalue weighted by molar-refractivity contribution is 8.21. The van der Waals surface area contributed by atoms with Gasteiger partial charge in [0, 0.05) is 36.1 Å². The molecule has 0 radical (unpaired) electrons. The smallest absolute Gasteiger partial charge is 0.0362 e. The highest BCUT2D eigenvalue weighted by Gasteiger charge is 1.91. The molecule has 2 rings (SSSR count). The standard InChI is InChI=1S/C8H12N2.C6H6ClNS/c1-10(2)8-5-3-7(9)4-6-8;7-9-6-3-1-5(8)2-4-6/h3-6H,9H2,1-2H3;1-4H,8H2. The Bertz CT molecular complexity index is 483. The molecular weight excluding hydrogens is 278 g/mol. The van der Waals surface area contributed by atoms with Crippen LogP contribution in [0.25, 0.3) is 0 Å². The van der Waals surface area contributed by atoms with Crippen molar-refractivity contribution < 1.29 is 0 Å². The Morgan fingerprint density at radius 3 is 1.63 bits per heavy atom. The minimum Gasteiger partial charge on any atom is -0.399 e. The van der Waals surface area contributed by atoms with E-state index in [2.05, 4.69) is 0 Å². The number of benzene rings is 2. The molecule has 0 atom stereocenters. The average Bonchev–Trinajstić information content (AvgIpc) is 2.41. The van der Waals surface area contributed by atoms with Crippen LogP contribution in [0.15, 0.2) is 53.4 Å². The molecule has 0 saturated carbocycles. The van der Waals surface area contributed by atoms with Crippen LogP contribution in [0.4, 0.5) is 17.1 Å². The van der Waals surface area contributed by atoms with Crippen LogP contribution in [0.3, 0.4) is 0 Å². The second-order valence-electron chi connectivity index (χ2n) is 4.13. The minimum absolute atomic E-state index is 0.768. The maximum atomic E-state index is 5.51. The average molecular weight is 296 g/mol. The maximum Gasteiger partial charge on any atom is 0.0362 e. The molecule has 0 bridgehead atoms. The van der Waals surface area contributed by atoms with Gasteiger partial charge in [0.25, 0.3) is 0 Å².